The summed E-state index contributed by atoms with van der Waals surface area (Å²) in [6.45, 7) is 0. The molecular weight excluding hydrogens is 282 g/mol. The summed E-state index contributed by atoms with van der Waals surface area (Å²) in [4.78, 5) is 14.7. The number of hydrogen-bond acceptors (Lipinski definition) is 2. The highest BCUT2D eigenvalue weighted by molar-refractivity contribution is 5.91. The lowest BCUT2D eigenvalue weighted by Crippen LogP contribution is -2.59. The van der Waals surface area contributed by atoms with Gasteiger partial charge in [-0.1, -0.05) is 30.3 Å². The van der Waals surface area contributed by atoms with Gasteiger partial charge in [-0.3, -0.25) is 4.79 Å². The van der Waals surface area contributed by atoms with Crippen LogP contribution in [0.4, 0.5) is 0 Å². The SMILES string of the molecule is O=C1C=CN(C23CC4CC(CC(C4)C2)C3)C(c2ccccc2)C1. The van der Waals surface area contributed by atoms with Crippen LogP contribution >= 0.6 is 0 Å². The van der Waals surface area contributed by atoms with Crippen LogP contribution in [0.25, 0.3) is 0 Å². The minimum atomic E-state index is 0.241. The molecule has 4 saturated carbocycles. The Morgan fingerprint density at radius 1 is 0.913 bits per heavy atom. The second kappa shape index (κ2) is 4.96. The summed E-state index contributed by atoms with van der Waals surface area (Å²) >= 11 is 0. The van der Waals surface area contributed by atoms with Crippen LogP contribution in [0.5, 0.6) is 0 Å². The summed E-state index contributed by atoms with van der Waals surface area (Å²) in [5, 5.41) is 0. The van der Waals surface area contributed by atoms with E-state index in [-0.39, 0.29) is 11.8 Å². The van der Waals surface area contributed by atoms with E-state index < -0.39 is 0 Å². The third kappa shape index (κ3) is 2.18. The first-order valence-corrected chi connectivity index (χ1v) is 9.26. The smallest absolute Gasteiger partial charge is 0.159 e. The van der Waals surface area contributed by atoms with Crippen molar-refractivity contribution in [2.75, 3.05) is 0 Å². The van der Waals surface area contributed by atoms with Crippen LogP contribution in [0.1, 0.15) is 56.6 Å². The van der Waals surface area contributed by atoms with Crippen molar-refractivity contribution in [1.82, 2.24) is 4.90 Å². The Morgan fingerprint density at radius 3 is 2.13 bits per heavy atom. The van der Waals surface area contributed by atoms with Crippen LogP contribution in [0.2, 0.25) is 0 Å². The van der Waals surface area contributed by atoms with Crippen molar-refractivity contribution in [3.05, 3.63) is 48.2 Å². The number of carbonyl (C=O) groups is 1. The monoisotopic (exact) mass is 307 g/mol. The molecule has 120 valence electrons. The molecule has 0 aromatic heterocycles. The maximum atomic E-state index is 12.1. The van der Waals surface area contributed by atoms with E-state index in [1.807, 2.05) is 6.08 Å². The highest BCUT2D eigenvalue weighted by atomic mass is 16.1. The Labute approximate surface area is 138 Å². The third-order valence-electron chi connectivity index (χ3n) is 6.89. The van der Waals surface area contributed by atoms with E-state index in [9.17, 15) is 4.79 Å². The highest BCUT2D eigenvalue weighted by Crippen LogP contribution is 2.59. The molecule has 0 amide bonds. The average molecular weight is 307 g/mol. The Hall–Kier alpha value is -1.57. The molecule has 0 N–H and O–H groups in total. The molecule has 1 aromatic carbocycles. The molecule has 1 aliphatic heterocycles. The van der Waals surface area contributed by atoms with E-state index in [4.69, 9.17) is 0 Å². The lowest BCUT2D eigenvalue weighted by atomic mass is 9.52. The minimum Gasteiger partial charge on any atom is -0.364 e. The van der Waals surface area contributed by atoms with Crippen LogP contribution in [-0.4, -0.2) is 16.2 Å². The number of rotatable bonds is 2. The van der Waals surface area contributed by atoms with Gasteiger partial charge in [0.2, 0.25) is 0 Å². The highest BCUT2D eigenvalue weighted by Gasteiger charge is 2.54. The molecule has 5 aliphatic rings. The van der Waals surface area contributed by atoms with Crippen LogP contribution in [-0.2, 0) is 4.79 Å². The van der Waals surface area contributed by atoms with Crippen LogP contribution in [0.3, 0.4) is 0 Å². The van der Waals surface area contributed by atoms with Crippen molar-refractivity contribution in [1.29, 1.82) is 0 Å². The van der Waals surface area contributed by atoms with Crippen LogP contribution < -0.4 is 0 Å². The van der Waals surface area contributed by atoms with Crippen molar-refractivity contribution in [3.63, 3.8) is 0 Å². The van der Waals surface area contributed by atoms with E-state index in [0.717, 1.165) is 17.8 Å². The van der Waals surface area contributed by atoms with Crippen molar-refractivity contribution in [2.45, 2.75) is 56.5 Å². The maximum absolute atomic E-state index is 12.1. The predicted molar refractivity (Wildman–Crippen MR) is 90.7 cm³/mol. The molecule has 4 aliphatic carbocycles. The number of nitrogens with zero attached hydrogens (tertiary/aromatic N) is 1. The van der Waals surface area contributed by atoms with Crippen LogP contribution in [0.15, 0.2) is 42.6 Å². The van der Waals surface area contributed by atoms with Gasteiger partial charge in [-0.25, -0.2) is 0 Å². The van der Waals surface area contributed by atoms with E-state index in [1.165, 1.54) is 44.1 Å². The summed E-state index contributed by atoms with van der Waals surface area (Å²) < 4.78 is 0. The zero-order valence-electron chi connectivity index (χ0n) is 13.7. The maximum Gasteiger partial charge on any atom is 0.159 e. The van der Waals surface area contributed by atoms with Gasteiger partial charge in [0.25, 0.3) is 0 Å². The normalized spacial score (nSPS) is 41.6. The Kier molecular flexibility index (Phi) is 2.98. The van der Waals surface area contributed by atoms with E-state index >= 15 is 0 Å². The number of benzene rings is 1. The quantitative estimate of drug-likeness (QED) is 0.802. The topological polar surface area (TPSA) is 20.3 Å². The molecule has 1 unspecified atom stereocenters. The zero-order chi connectivity index (χ0) is 15.4. The van der Waals surface area contributed by atoms with Gasteiger partial charge in [-0.15, -0.1) is 0 Å². The summed E-state index contributed by atoms with van der Waals surface area (Å²) in [7, 11) is 0. The molecule has 23 heavy (non-hydrogen) atoms. The molecule has 2 nitrogen and oxygen atoms in total. The average Bonchev–Trinajstić information content (AvgIpc) is 2.54. The molecule has 6 rings (SSSR count). The third-order valence-corrected chi connectivity index (χ3v) is 6.89. The molecule has 0 spiro atoms. The Bertz CT molecular complexity index is 612. The van der Waals surface area contributed by atoms with Gasteiger partial charge in [0.15, 0.2) is 5.78 Å². The van der Waals surface area contributed by atoms with E-state index in [0.29, 0.717) is 12.0 Å². The van der Waals surface area contributed by atoms with Crippen LogP contribution in [0, 0.1) is 17.8 Å². The second-order valence-electron chi connectivity index (χ2n) is 8.46. The molecule has 1 heterocycles. The molecule has 4 bridgehead atoms. The first kappa shape index (κ1) is 13.8. The van der Waals surface area contributed by atoms with Crippen molar-refractivity contribution in [3.8, 4) is 0 Å². The zero-order valence-corrected chi connectivity index (χ0v) is 13.7. The van der Waals surface area contributed by atoms with Gasteiger partial charge >= 0.3 is 0 Å². The van der Waals surface area contributed by atoms with Crippen molar-refractivity contribution in [2.24, 2.45) is 17.8 Å². The molecule has 4 fully saturated rings. The van der Waals surface area contributed by atoms with Gasteiger partial charge < -0.3 is 4.90 Å². The van der Waals surface area contributed by atoms with E-state index in [1.54, 1.807) is 0 Å². The predicted octanol–water partition coefficient (Wildman–Crippen LogP) is 4.49. The standard InChI is InChI=1S/C21H25NO/c23-19-6-7-22(20(11-19)18-4-2-1-3-5-18)21-12-15-8-16(13-21)10-17(9-15)14-21/h1-7,15-17,20H,8-14H2. The number of ketones is 1. The molecule has 1 atom stereocenters. The molecule has 0 radical (unpaired) electrons. The Morgan fingerprint density at radius 2 is 1.52 bits per heavy atom. The Balaban J connectivity index is 1.54. The number of carbonyl (C=O) groups excluding carboxylic acids is 1. The van der Waals surface area contributed by atoms with Gasteiger partial charge in [-0.05, 0) is 67.9 Å². The summed E-state index contributed by atoms with van der Waals surface area (Å²) in [5.41, 5.74) is 1.63. The fourth-order valence-electron chi connectivity index (χ4n) is 6.45. The van der Waals surface area contributed by atoms with Crippen molar-refractivity contribution < 1.29 is 4.79 Å². The summed E-state index contributed by atoms with van der Waals surface area (Å²) in [6, 6.07) is 10.9. The summed E-state index contributed by atoms with van der Waals surface area (Å²) in [6.07, 6.45) is 13.1. The fraction of sp³-hybridized carbons (Fsp3) is 0.571. The lowest BCUT2D eigenvalue weighted by Gasteiger charge is -2.62. The van der Waals surface area contributed by atoms with E-state index in [2.05, 4.69) is 41.4 Å². The largest absolute Gasteiger partial charge is 0.364 e. The number of hydrogen-bond donors (Lipinski definition) is 0. The van der Waals surface area contributed by atoms with Gasteiger partial charge in [-0.2, -0.15) is 0 Å². The van der Waals surface area contributed by atoms with Gasteiger partial charge in [0.1, 0.15) is 0 Å². The molecule has 1 aromatic rings. The van der Waals surface area contributed by atoms with Crippen molar-refractivity contribution >= 4 is 5.78 Å². The molecule has 2 heteroatoms. The molecule has 0 saturated heterocycles. The molecular formula is C21H25NO. The minimum absolute atomic E-state index is 0.241. The number of allylic oxidation sites excluding steroid dienone is 1. The first-order chi connectivity index (χ1) is 11.2. The fourth-order valence-corrected chi connectivity index (χ4v) is 6.45. The first-order valence-electron chi connectivity index (χ1n) is 9.26. The summed E-state index contributed by atoms with van der Waals surface area (Å²) in [5.74, 6) is 3.08. The van der Waals surface area contributed by atoms with Gasteiger partial charge in [0.05, 0.1) is 6.04 Å². The van der Waals surface area contributed by atoms with Gasteiger partial charge in [0, 0.05) is 18.2 Å². The lowest BCUT2D eigenvalue weighted by molar-refractivity contribution is -0.121. The second-order valence-corrected chi connectivity index (χ2v) is 8.46.